The molecule has 0 aromatic rings. The van der Waals surface area contributed by atoms with Gasteiger partial charge in [-0.3, -0.25) is 4.79 Å². The number of aliphatic carboxylic acids is 1. The lowest BCUT2D eigenvalue weighted by Crippen LogP contribution is -2.50. The topological polar surface area (TPSA) is 95.6 Å². The summed E-state index contributed by atoms with van der Waals surface area (Å²) in [6.07, 6.45) is 4.60. The van der Waals surface area contributed by atoms with E-state index in [0.717, 1.165) is 33.2 Å². The number of carbonyl (C=O) groups is 1. The third-order valence-electron chi connectivity index (χ3n) is 3.16. The molecule has 17 heavy (non-hydrogen) atoms. The van der Waals surface area contributed by atoms with Crippen LogP contribution in [0.15, 0.2) is 0 Å². The quantitative estimate of drug-likeness (QED) is 0.409. The minimum atomic E-state index is -1.02. The second-order valence-corrected chi connectivity index (χ2v) is 4.55. The Morgan fingerprint density at radius 3 is 2.65 bits per heavy atom. The monoisotopic (exact) mass is 243 g/mol. The van der Waals surface area contributed by atoms with Crippen LogP contribution in [0.3, 0.4) is 0 Å². The van der Waals surface area contributed by atoms with Crippen molar-refractivity contribution in [2.75, 3.05) is 14.1 Å². The molecule has 0 aromatic heterocycles. The Morgan fingerprint density at radius 1 is 1.59 bits per heavy atom. The summed E-state index contributed by atoms with van der Waals surface area (Å²) in [5, 5.41) is 20.3. The van der Waals surface area contributed by atoms with Gasteiger partial charge in [-0.1, -0.05) is 19.2 Å². The predicted molar refractivity (Wildman–Crippen MR) is 68.9 cm³/mol. The van der Waals surface area contributed by atoms with Crippen molar-refractivity contribution in [2.24, 2.45) is 11.7 Å². The highest BCUT2D eigenvalue weighted by Crippen LogP contribution is 2.37. The SMILES string of the molecule is CNC.N[C@@]1(C(=O)O)CCC[C@@H]1CCC[B]O. The van der Waals surface area contributed by atoms with Crippen LogP contribution in [0.5, 0.6) is 0 Å². The lowest BCUT2D eigenvalue weighted by molar-refractivity contribution is -0.144. The molecule has 0 heterocycles. The first-order valence-electron chi connectivity index (χ1n) is 6.09. The van der Waals surface area contributed by atoms with E-state index in [4.69, 9.17) is 15.9 Å². The Labute approximate surface area is 104 Å². The zero-order valence-corrected chi connectivity index (χ0v) is 10.8. The zero-order valence-electron chi connectivity index (χ0n) is 10.8. The molecule has 1 rings (SSSR count). The van der Waals surface area contributed by atoms with Crippen LogP contribution in [0.2, 0.25) is 6.32 Å². The van der Waals surface area contributed by atoms with Crippen LogP contribution in [0, 0.1) is 5.92 Å². The molecule has 1 saturated carbocycles. The van der Waals surface area contributed by atoms with Crippen LogP contribution in [-0.4, -0.2) is 43.2 Å². The summed E-state index contributed by atoms with van der Waals surface area (Å²) in [4.78, 5) is 11.0. The number of nitrogens with two attached hydrogens (primary N) is 1. The molecule has 0 aromatic carbocycles. The van der Waals surface area contributed by atoms with Crippen molar-refractivity contribution in [3.63, 3.8) is 0 Å². The minimum Gasteiger partial charge on any atom is -0.480 e. The summed E-state index contributed by atoms with van der Waals surface area (Å²) in [7, 11) is 4.87. The Bertz CT molecular complexity index is 229. The third-order valence-corrected chi connectivity index (χ3v) is 3.16. The van der Waals surface area contributed by atoms with E-state index in [2.05, 4.69) is 5.32 Å². The first-order chi connectivity index (χ1) is 8.02. The summed E-state index contributed by atoms with van der Waals surface area (Å²) >= 11 is 0. The average molecular weight is 243 g/mol. The second-order valence-electron chi connectivity index (χ2n) is 4.55. The van der Waals surface area contributed by atoms with Crippen LogP contribution >= 0.6 is 0 Å². The molecule has 5 N–H and O–H groups in total. The number of rotatable bonds is 5. The van der Waals surface area contributed by atoms with E-state index in [-0.39, 0.29) is 5.92 Å². The maximum atomic E-state index is 11.0. The zero-order chi connectivity index (χ0) is 13.3. The Hall–Kier alpha value is -0.585. The molecule has 0 unspecified atom stereocenters. The molecule has 0 saturated heterocycles. The van der Waals surface area contributed by atoms with Gasteiger partial charge >= 0.3 is 5.97 Å². The maximum Gasteiger partial charge on any atom is 0.323 e. The standard InChI is InChI=1S/C9H17BNO3.C2H7N/c11-9(8(12)13)5-1-3-7(9)4-2-6-10-14;1-3-2/h7,14H,1-6,11H2,(H,12,13);3H,1-2H3/t7-,9+;/m1./s1. The van der Waals surface area contributed by atoms with E-state index in [1.54, 1.807) is 0 Å². The van der Waals surface area contributed by atoms with Gasteiger partial charge in [-0.15, -0.1) is 0 Å². The van der Waals surface area contributed by atoms with E-state index in [1.807, 2.05) is 14.1 Å². The van der Waals surface area contributed by atoms with Gasteiger partial charge in [0.05, 0.1) is 0 Å². The molecule has 1 fully saturated rings. The van der Waals surface area contributed by atoms with Gasteiger partial charge in [-0.2, -0.15) is 0 Å². The number of hydrogen-bond donors (Lipinski definition) is 4. The normalized spacial score (nSPS) is 27.2. The summed E-state index contributed by atoms with van der Waals surface area (Å²) in [5.41, 5.74) is 4.84. The fraction of sp³-hybridized carbons (Fsp3) is 0.909. The van der Waals surface area contributed by atoms with Crippen LogP contribution in [0.25, 0.3) is 0 Å². The van der Waals surface area contributed by atoms with E-state index < -0.39 is 11.5 Å². The molecule has 1 radical (unpaired) electrons. The van der Waals surface area contributed by atoms with E-state index >= 15 is 0 Å². The number of carboxylic acid groups (broad SMARTS) is 1. The van der Waals surface area contributed by atoms with Crippen molar-refractivity contribution in [3.8, 4) is 0 Å². The Kier molecular flexibility index (Phi) is 8.21. The minimum absolute atomic E-state index is 0.0694. The van der Waals surface area contributed by atoms with Crippen molar-refractivity contribution >= 4 is 13.5 Å². The summed E-state index contributed by atoms with van der Waals surface area (Å²) in [5.74, 6) is -0.812. The van der Waals surface area contributed by atoms with Crippen molar-refractivity contribution in [1.29, 1.82) is 0 Å². The third kappa shape index (κ3) is 5.06. The van der Waals surface area contributed by atoms with Crippen molar-refractivity contribution in [1.82, 2.24) is 5.32 Å². The molecule has 99 valence electrons. The molecule has 0 spiro atoms. The first kappa shape index (κ1) is 16.4. The number of hydrogen-bond acceptors (Lipinski definition) is 4. The second kappa shape index (κ2) is 8.50. The van der Waals surface area contributed by atoms with Gasteiger partial charge in [0.15, 0.2) is 0 Å². The van der Waals surface area contributed by atoms with Gasteiger partial charge in [-0.05, 0) is 39.3 Å². The lowest BCUT2D eigenvalue weighted by Gasteiger charge is -2.26. The molecular formula is C11H24BN2O3. The van der Waals surface area contributed by atoms with E-state index in [1.165, 1.54) is 0 Å². The predicted octanol–water partition coefficient (Wildman–Crippen LogP) is 0.214. The maximum absolute atomic E-state index is 11.0. The molecular weight excluding hydrogens is 219 g/mol. The first-order valence-corrected chi connectivity index (χ1v) is 6.09. The number of carboxylic acids is 1. The smallest absolute Gasteiger partial charge is 0.323 e. The lowest BCUT2D eigenvalue weighted by atomic mass is 9.82. The molecule has 1 aliphatic rings. The van der Waals surface area contributed by atoms with E-state index in [9.17, 15) is 4.79 Å². The van der Waals surface area contributed by atoms with Crippen LogP contribution in [0.4, 0.5) is 0 Å². The van der Waals surface area contributed by atoms with Gasteiger partial charge in [0.2, 0.25) is 0 Å². The molecule has 0 aliphatic heterocycles. The molecule has 6 heteroatoms. The molecule has 1 aliphatic carbocycles. The van der Waals surface area contributed by atoms with Gasteiger partial charge in [-0.25, -0.2) is 0 Å². The summed E-state index contributed by atoms with van der Waals surface area (Å²) < 4.78 is 0. The van der Waals surface area contributed by atoms with Crippen LogP contribution < -0.4 is 11.1 Å². The van der Waals surface area contributed by atoms with Crippen LogP contribution in [-0.2, 0) is 4.79 Å². The van der Waals surface area contributed by atoms with Gasteiger partial charge in [0.25, 0.3) is 7.48 Å². The van der Waals surface area contributed by atoms with E-state index in [0.29, 0.717) is 12.7 Å². The fourth-order valence-corrected chi connectivity index (χ4v) is 2.24. The Balaban J connectivity index is 0.000000770. The Morgan fingerprint density at radius 2 is 2.18 bits per heavy atom. The van der Waals surface area contributed by atoms with Gasteiger partial charge < -0.3 is 21.2 Å². The molecule has 0 amide bonds. The fourth-order valence-electron chi connectivity index (χ4n) is 2.24. The number of nitrogens with one attached hydrogen (secondary N) is 1. The highest BCUT2D eigenvalue weighted by Gasteiger charge is 2.45. The van der Waals surface area contributed by atoms with Crippen molar-refractivity contribution in [2.45, 2.75) is 44.0 Å². The highest BCUT2D eigenvalue weighted by molar-refractivity contribution is 6.25. The molecule has 2 atom stereocenters. The largest absolute Gasteiger partial charge is 0.480 e. The van der Waals surface area contributed by atoms with Gasteiger partial charge in [0.1, 0.15) is 5.54 Å². The van der Waals surface area contributed by atoms with Crippen molar-refractivity contribution in [3.05, 3.63) is 0 Å². The highest BCUT2D eigenvalue weighted by atomic mass is 16.4. The summed E-state index contributed by atoms with van der Waals surface area (Å²) in [6.45, 7) is 0. The molecule has 0 bridgehead atoms. The van der Waals surface area contributed by atoms with Crippen molar-refractivity contribution < 1.29 is 14.9 Å². The summed E-state index contributed by atoms with van der Waals surface area (Å²) in [6, 6.07) is 0. The molecule has 5 nitrogen and oxygen atoms in total. The average Bonchev–Trinajstić information content (AvgIpc) is 2.63. The van der Waals surface area contributed by atoms with Gasteiger partial charge in [0, 0.05) is 0 Å². The van der Waals surface area contributed by atoms with Crippen LogP contribution in [0.1, 0.15) is 32.1 Å².